The van der Waals surface area contributed by atoms with Gasteiger partial charge in [0.15, 0.2) is 0 Å². The third-order valence-corrected chi connectivity index (χ3v) is 3.09. The minimum absolute atomic E-state index is 0.0471. The lowest BCUT2D eigenvalue weighted by Crippen LogP contribution is -2.19. The second-order valence-corrected chi connectivity index (χ2v) is 4.31. The molecule has 18 heavy (non-hydrogen) atoms. The van der Waals surface area contributed by atoms with Crippen molar-refractivity contribution in [1.29, 1.82) is 0 Å². The standard InChI is InChI=1S/C14H16FNO2/c1-2-18-14(17)11-5-3-10(4-6-11)13-8-7-12(15)9-16-13/h3,7-9,11H,2,4-6H2,1H3/t11-/m0/s1. The number of aromatic nitrogens is 1. The van der Waals surface area contributed by atoms with Gasteiger partial charge in [0.2, 0.25) is 0 Å². The van der Waals surface area contributed by atoms with Crippen LogP contribution in [-0.4, -0.2) is 17.6 Å². The number of hydrogen-bond acceptors (Lipinski definition) is 3. The topological polar surface area (TPSA) is 39.2 Å². The highest BCUT2D eigenvalue weighted by molar-refractivity contribution is 5.75. The number of carbonyl (C=O) groups excluding carboxylic acids is 1. The van der Waals surface area contributed by atoms with Crippen molar-refractivity contribution in [3.8, 4) is 0 Å². The first-order chi connectivity index (χ1) is 8.70. The Balaban J connectivity index is 2.02. The molecule has 1 heterocycles. The number of rotatable bonds is 3. The summed E-state index contributed by atoms with van der Waals surface area (Å²) in [6, 6.07) is 3.08. The molecule has 0 aromatic carbocycles. The Kier molecular flexibility index (Phi) is 4.07. The number of esters is 1. The van der Waals surface area contributed by atoms with Crippen LogP contribution in [0, 0.1) is 11.7 Å². The first-order valence-electron chi connectivity index (χ1n) is 6.18. The van der Waals surface area contributed by atoms with Crippen molar-refractivity contribution in [3.63, 3.8) is 0 Å². The average Bonchev–Trinajstić information content (AvgIpc) is 2.40. The van der Waals surface area contributed by atoms with E-state index in [1.54, 1.807) is 6.07 Å². The van der Waals surface area contributed by atoms with E-state index < -0.39 is 0 Å². The van der Waals surface area contributed by atoms with Gasteiger partial charge in [0.25, 0.3) is 0 Å². The van der Waals surface area contributed by atoms with Crippen molar-refractivity contribution in [2.75, 3.05) is 6.61 Å². The Morgan fingerprint density at radius 1 is 1.56 bits per heavy atom. The monoisotopic (exact) mass is 249 g/mol. The van der Waals surface area contributed by atoms with Gasteiger partial charge < -0.3 is 4.74 Å². The van der Waals surface area contributed by atoms with E-state index in [2.05, 4.69) is 4.98 Å². The van der Waals surface area contributed by atoms with Gasteiger partial charge >= 0.3 is 5.97 Å². The molecular formula is C14H16FNO2. The number of ether oxygens (including phenoxy) is 1. The second kappa shape index (κ2) is 5.76. The van der Waals surface area contributed by atoms with Gasteiger partial charge in [0.1, 0.15) is 5.82 Å². The predicted molar refractivity (Wildman–Crippen MR) is 66.1 cm³/mol. The molecule has 0 saturated carbocycles. The number of nitrogens with zero attached hydrogens (tertiary/aromatic N) is 1. The van der Waals surface area contributed by atoms with Crippen molar-refractivity contribution < 1.29 is 13.9 Å². The Bertz CT molecular complexity index is 453. The van der Waals surface area contributed by atoms with Crippen LogP contribution in [0.25, 0.3) is 5.57 Å². The first kappa shape index (κ1) is 12.7. The first-order valence-corrected chi connectivity index (χ1v) is 6.18. The fraction of sp³-hybridized carbons (Fsp3) is 0.429. The fourth-order valence-electron chi connectivity index (χ4n) is 2.11. The Morgan fingerprint density at radius 2 is 2.39 bits per heavy atom. The molecule has 1 aromatic heterocycles. The molecule has 0 amide bonds. The largest absolute Gasteiger partial charge is 0.466 e. The zero-order chi connectivity index (χ0) is 13.0. The molecule has 1 aliphatic rings. The van der Waals surface area contributed by atoms with E-state index in [1.807, 2.05) is 13.0 Å². The van der Waals surface area contributed by atoms with Crippen molar-refractivity contribution in [3.05, 3.63) is 35.9 Å². The van der Waals surface area contributed by atoms with Gasteiger partial charge in [0.05, 0.1) is 24.4 Å². The zero-order valence-electron chi connectivity index (χ0n) is 10.4. The highest BCUT2D eigenvalue weighted by Gasteiger charge is 2.23. The van der Waals surface area contributed by atoms with Gasteiger partial charge in [0, 0.05) is 0 Å². The number of halogens is 1. The van der Waals surface area contributed by atoms with Crippen LogP contribution in [0.3, 0.4) is 0 Å². The lowest BCUT2D eigenvalue weighted by Gasteiger charge is -2.20. The highest BCUT2D eigenvalue weighted by Crippen LogP contribution is 2.29. The molecule has 0 saturated heterocycles. The van der Waals surface area contributed by atoms with E-state index in [-0.39, 0.29) is 17.7 Å². The average molecular weight is 249 g/mol. The molecule has 3 nitrogen and oxygen atoms in total. The number of allylic oxidation sites excluding steroid dienone is 2. The van der Waals surface area contributed by atoms with Crippen LogP contribution in [0.2, 0.25) is 0 Å². The third kappa shape index (κ3) is 2.94. The Hall–Kier alpha value is -1.71. The van der Waals surface area contributed by atoms with E-state index in [0.717, 1.165) is 24.1 Å². The second-order valence-electron chi connectivity index (χ2n) is 4.31. The van der Waals surface area contributed by atoms with Gasteiger partial charge in [-0.1, -0.05) is 6.08 Å². The third-order valence-electron chi connectivity index (χ3n) is 3.09. The summed E-state index contributed by atoms with van der Waals surface area (Å²) in [5.74, 6) is -0.506. The fourth-order valence-corrected chi connectivity index (χ4v) is 2.11. The van der Waals surface area contributed by atoms with Gasteiger partial charge in [-0.05, 0) is 43.9 Å². The van der Waals surface area contributed by atoms with Crippen molar-refractivity contribution >= 4 is 11.5 Å². The van der Waals surface area contributed by atoms with E-state index in [1.165, 1.54) is 12.3 Å². The lowest BCUT2D eigenvalue weighted by molar-refractivity contribution is -0.148. The van der Waals surface area contributed by atoms with E-state index in [0.29, 0.717) is 13.0 Å². The summed E-state index contributed by atoms with van der Waals surface area (Å²) in [6.45, 7) is 2.23. The van der Waals surface area contributed by atoms with Crippen LogP contribution in [0.1, 0.15) is 31.9 Å². The number of pyridine rings is 1. The zero-order valence-corrected chi connectivity index (χ0v) is 10.4. The summed E-state index contributed by atoms with van der Waals surface area (Å²) in [4.78, 5) is 15.6. The molecule has 0 unspecified atom stereocenters. The molecular weight excluding hydrogens is 233 g/mol. The van der Waals surface area contributed by atoms with Gasteiger partial charge in [-0.2, -0.15) is 0 Å². The van der Waals surface area contributed by atoms with Crippen LogP contribution in [0.4, 0.5) is 4.39 Å². The molecule has 0 aliphatic heterocycles. The van der Waals surface area contributed by atoms with Gasteiger partial charge in [-0.15, -0.1) is 0 Å². The highest BCUT2D eigenvalue weighted by atomic mass is 19.1. The maximum absolute atomic E-state index is 12.8. The molecule has 0 fully saturated rings. The molecule has 0 radical (unpaired) electrons. The number of hydrogen-bond donors (Lipinski definition) is 0. The maximum Gasteiger partial charge on any atom is 0.309 e. The molecule has 1 aliphatic carbocycles. The summed E-state index contributed by atoms with van der Waals surface area (Å²) >= 11 is 0. The van der Waals surface area contributed by atoms with Crippen LogP contribution >= 0.6 is 0 Å². The lowest BCUT2D eigenvalue weighted by atomic mass is 9.88. The molecule has 4 heteroatoms. The van der Waals surface area contributed by atoms with Crippen molar-refractivity contribution in [2.24, 2.45) is 5.92 Å². The molecule has 0 N–H and O–H groups in total. The molecule has 1 aromatic rings. The van der Waals surface area contributed by atoms with Gasteiger partial charge in [-0.25, -0.2) is 4.39 Å². The van der Waals surface area contributed by atoms with Crippen LogP contribution in [0.5, 0.6) is 0 Å². The Labute approximate surface area is 106 Å². The number of carbonyl (C=O) groups is 1. The summed E-state index contributed by atoms with van der Waals surface area (Å²) in [6.07, 6.45) is 5.44. The smallest absolute Gasteiger partial charge is 0.309 e. The van der Waals surface area contributed by atoms with Gasteiger partial charge in [-0.3, -0.25) is 9.78 Å². The normalized spacial score (nSPS) is 19.2. The maximum atomic E-state index is 12.8. The quantitative estimate of drug-likeness (QED) is 0.773. The van der Waals surface area contributed by atoms with Crippen molar-refractivity contribution in [1.82, 2.24) is 4.98 Å². The molecule has 96 valence electrons. The Morgan fingerprint density at radius 3 is 2.94 bits per heavy atom. The van der Waals surface area contributed by atoms with E-state index in [9.17, 15) is 9.18 Å². The predicted octanol–water partition coefficient (Wildman–Crippen LogP) is 2.97. The van der Waals surface area contributed by atoms with Crippen LogP contribution in [0.15, 0.2) is 24.4 Å². The summed E-state index contributed by atoms with van der Waals surface area (Å²) in [5, 5.41) is 0. The SMILES string of the molecule is CCOC(=O)[C@H]1CC=C(c2ccc(F)cn2)CC1. The summed E-state index contributed by atoms with van der Waals surface area (Å²) in [7, 11) is 0. The molecule has 2 rings (SSSR count). The van der Waals surface area contributed by atoms with Crippen molar-refractivity contribution in [2.45, 2.75) is 26.2 Å². The van der Waals surface area contributed by atoms with Crippen LogP contribution in [-0.2, 0) is 9.53 Å². The minimum atomic E-state index is -0.334. The minimum Gasteiger partial charge on any atom is -0.466 e. The van der Waals surface area contributed by atoms with Crippen LogP contribution < -0.4 is 0 Å². The molecule has 0 bridgehead atoms. The summed E-state index contributed by atoms with van der Waals surface area (Å²) in [5.41, 5.74) is 1.87. The molecule has 0 spiro atoms. The summed E-state index contributed by atoms with van der Waals surface area (Å²) < 4.78 is 17.8. The van der Waals surface area contributed by atoms with E-state index in [4.69, 9.17) is 4.74 Å². The van der Waals surface area contributed by atoms with E-state index >= 15 is 0 Å². The molecule has 1 atom stereocenters.